The summed E-state index contributed by atoms with van der Waals surface area (Å²) >= 11 is 1.59. The molecule has 132 valence electrons. The van der Waals surface area contributed by atoms with Crippen molar-refractivity contribution in [3.8, 4) is 0 Å². The molecule has 5 nitrogen and oxygen atoms in total. The van der Waals surface area contributed by atoms with Crippen LogP contribution in [0.4, 0.5) is 0 Å². The molecule has 1 amide bonds. The van der Waals surface area contributed by atoms with Gasteiger partial charge in [-0.3, -0.25) is 14.2 Å². The van der Waals surface area contributed by atoms with Gasteiger partial charge in [-0.25, -0.2) is 4.98 Å². The number of aryl methyl sites for hydroxylation is 1. The summed E-state index contributed by atoms with van der Waals surface area (Å²) in [5.74, 6) is 0.800. The molecule has 0 fully saturated rings. The van der Waals surface area contributed by atoms with Crippen molar-refractivity contribution >= 4 is 28.6 Å². The van der Waals surface area contributed by atoms with Crippen LogP contribution in [0.15, 0.2) is 52.4 Å². The minimum absolute atomic E-state index is 0.0242. The van der Waals surface area contributed by atoms with Crippen LogP contribution in [0.2, 0.25) is 0 Å². The lowest BCUT2D eigenvalue weighted by atomic mass is 10.1. The second-order valence-electron chi connectivity index (χ2n) is 6.45. The average Bonchev–Trinajstić information content (AvgIpc) is 2.67. The zero-order valence-corrected chi connectivity index (χ0v) is 15.3. The van der Waals surface area contributed by atoms with Gasteiger partial charge in [0.15, 0.2) is 5.16 Å². The molecule has 1 N–H and O–H groups in total. The topological polar surface area (TPSA) is 64.0 Å². The molecule has 3 aromatic rings. The Morgan fingerprint density at radius 1 is 1.23 bits per heavy atom. The van der Waals surface area contributed by atoms with Gasteiger partial charge in [-0.05, 0) is 37.1 Å². The first-order valence-corrected chi connectivity index (χ1v) is 9.61. The van der Waals surface area contributed by atoms with Gasteiger partial charge >= 0.3 is 0 Å². The fraction of sp³-hybridized carbons (Fsp3) is 0.250. The third-order valence-electron chi connectivity index (χ3n) is 4.51. The molecule has 0 bridgehead atoms. The number of hydrogen-bond acceptors (Lipinski definition) is 4. The molecule has 0 saturated heterocycles. The van der Waals surface area contributed by atoms with Crippen LogP contribution in [0.1, 0.15) is 27.9 Å². The molecule has 1 aromatic heterocycles. The molecule has 0 saturated carbocycles. The SMILES string of the molecule is Cc1ccc(CNC(=O)c2ccc3c(=O)n4c(nc3c2)SCCC4)cc1. The van der Waals surface area contributed by atoms with Crippen molar-refractivity contribution in [2.45, 2.75) is 31.6 Å². The van der Waals surface area contributed by atoms with Gasteiger partial charge in [0.2, 0.25) is 0 Å². The Labute approximate surface area is 155 Å². The molecule has 2 aromatic carbocycles. The third-order valence-corrected chi connectivity index (χ3v) is 5.58. The first-order chi connectivity index (χ1) is 12.6. The van der Waals surface area contributed by atoms with E-state index in [1.165, 1.54) is 5.56 Å². The fourth-order valence-electron chi connectivity index (χ4n) is 3.03. The van der Waals surface area contributed by atoms with Crippen LogP contribution in [0, 0.1) is 6.92 Å². The maximum atomic E-state index is 12.6. The van der Waals surface area contributed by atoms with E-state index in [2.05, 4.69) is 10.3 Å². The number of thioether (sulfide) groups is 1. The van der Waals surface area contributed by atoms with E-state index in [0.717, 1.165) is 22.9 Å². The Hall–Kier alpha value is -2.60. The van der Waals surface area contributed by atoms with Crippen LogP contribution >= 0.6 is 11.8 Å². The van der Waals surface area contributed by atoms with Crippen LogP contribution in [0.3, 0.4) is 0 Å². The quantitative estimate of drug-likeness (QED) is 0.725. The van der Waals surface area contributed by atoms with Crippen LogP contribution in [-0.2, 0) is 13.1 Å². The van der Waals surface area contributed by atoms with Gasteiger partial charge in [0, 0.05) is 24.4 Å². The molecule has 2 heterocycles. The van der Waals surface area contributed by atoms with Crippen molar-refractivity contribution in [3.63, 3.8) is 0 Å². The second kappa shape index (κ2) is 6.96. The van der Waals surface area contributed by atoms with E-state index in [9.17, 15) is 9.59 Å². The zero-order chi connectivity index (χ0) is 18.1. The first-order valence-electron chi connectivity index (χ1n) is 8.63. The summed E-state index contributed by atoms with van der Waals surface area (Å²) in [4.78, 5) is 29.7. The van der Waals surface area contributed by atoms with E-state index in [-0.39, 0.29) is 11.5 Å². The van der Waals surface area contributed by atoms with Crippen molar-refractivity contribution in [2.75, 3.05) is 5.75 Å². The molecule has 26 heavy (non-hydrogen) atoms. The van der Waals surface area contributed by atoms with Crippen molar-refractivity contribution in [1.29, 1.82) is 0 Å². The number of nitrogens with one attached hydrogen (secondary N) is 1. The Kier molecular flexibility index (Phi) is 4.51. The Balaban J connectivity index is 1.59. The van der Waals surface area contributed by atoms with Gasteiger partial charge < -0.3 is 5.32 Å². The van der Waals surface area contributed by atoms with Crippen LogP contribution in [0.5, 0.6) is 0 Å². The van der Waals surface area contributed by atoms with E-state index in [4.69, 9.17) is 0 Å². The number of carbonyl (C=O) groups is 1. The van der Waals surface area contributed by atoms with E-state index in [0.29, 0.717) is 29.6 Å². The van der Waals surface area contributed by atoms with Crippen molar-refractivity contribution in [3.05, 3.63) is 69.5 Å². The minimum Gasteiger partial charge on any atom is -0.348 e. The van der Waals surface area contributed by atoms with Gasteiger partial charge in [0.25, 0.3) is 11.5 Å². The maximum Gasteiger partial charge on any atom is 0.262 e. The molecule has 4 rings (SSSR count). The number of fused-ring (bicyclic) bond motifs is 2. The highest BCUT2D eigenvalue weighted by Crippen LogP contribution is 2.23. The van der Waals surface area contributed by atoms with Gasteiger partial charge in [0.05, 0.1) is 10.9 Å². The molecular weight excluding hydrogens is 346 g/mol. The van der Waals surface area contributed by atoms with Gasteiger partial charge in [-0.2, -0.15) is 0 Å². The molecule has 0 radical (unpaired) electrons. The molecule has 1 aliphatic heterocycles. The van der Waals surface area contributed by atoms with E-state index < -0.39 is 0 Å². The normalized spacial score (nSPS) is 13.4. The molecule has 6 heteroatoms. The van der Waals surface area contributed by atoms with Gasteiger partial charge in [-0.15, -0.1) is 0 Å². The van der Waals surface area contributed by atoms with E-state index in [1.54, 1.807) is 34.5 Å². The van der Waals surface area contributed by atoms with Crippen LogP contribution in [-0.4, -0.2) is 21.2 Å². The summed E-state index contributed by atoms with van der Waals surface area (Å²) in [6.45, 7) is 3.21. The largest absolute Gasteiger partial charge is 0.348 e. The van der Waals surface area contributed by atoms with Gasteiger partial charge in [0.1, 0.15) is 0 Å². The third kappa shape index (κ3) is 3.24. The summed E-state index contributed by atoms with van der Waals surface area (Å²) in [6, 6.07) is 13.2. The smallest absolute Gasteiger partial charge is 0.262 e. The van der Waals surface area contributed by atoms with Gasteiger partial charge in [-0.1, -0.05) is 41.6 Å². The number of aromatic nitrogens is 2. The summed E-state index contributed by atoms with van der Waals surface area (Å²) in [6.07, 6.45) is 0.976. The van der Waals surface area contributed by atoms with Crippen LogP contribution < -0.4 is 10.9 Å². The first kappa shape index (κ1) is 16.8. The number of amides is 1. The highest BCUT2D eigenvalue weighted by Gasteiger charge is 2.16. The van der Waals surface area contributed by atoms with Crippen LogP contribution in [0.25, 0.3) is 10.9 Å². The monoisotopic (exact) mass is 365 g/mol. The highest BCUT2D eigenvalue weighted by molar-refractivity contribution is 7.99. The summed E-state index contributed by atoms with van der Waals surface area (Å²) in [7, 11) is 0. The number of benzene rings is 2. The van der Waals surface area contributed by atoms with E-state index in [1.807, 2.05) is 31.2 Å². The molecule has 0 atom stereocenters. The zero-order valence-electron chi connectivity index (χ0n) is 14.5. The van der Waals surface area contributed by atoms with E-state index >= 15 is 0 Å². The summed E-state index contributed by atoms with van der Waals surface area (Å²) < 4.78 is 1.73. The molecule has 1 aliphatic rings. The molecule has 0 unspecified atom stereocenters. The number of nitrogens with zero attached hydrogens (tertiary/aromatic N) is 2. The molecular formula is C20H19N3O2S. The molecule has 0 aliphatic carbocycles. The van der Waals surface area contributed by atoms with Crippen molar-refractivity contribution < 1.29 is 4.79 Å². The second-order valence-corrected chi connectivity index (χ2v) is 7.52. The Bertz CT molecular complexity index is 1040. The Morgan fingerprint density at radius 3 is 2.85 bits per heavy atom. The predicted octanol–water partition coefficient (Wildman–Crippen LogP) is 3.13. The lowest BCUT2D eigenvalue weighted by molar-refractivity contribution is 0.0951. The number of rotatable bonds is 3. The van der Waals surface area contributed by atoms with Crippen molar-refractivity contribution in [1.82, 2.24) is 14.9 Å². The lowest BCUT2D eigenvalue weighted by Crippen LogP contribution is -2.27. The summed E-state index contributed by atoms with van der Waals surface area (Å²) in [5, 5.41) is 4.22. The molecule has 0 spiro atoms. The standard InChI is InChI=1S/C20H19N3O2S/c1-13-3-5-14(6-4-13)12-21-18(24)15-7-8-16-17(11-15)22-20-23(19(16)25)9-2-10-26-20/h3-8,11H,2,9-10,12H2,1H3,(H,21,24). The Morgan fingerprint density at radius 2 is 2.04 bits per heavy atom. The highest BCUT2D eigenvalue weighted by atomic mass is 32.2. The maximum absolute atomic E-state index is 12.6. The fourth-order valence-corrected chi connectivity index (χ4v) is 3.97. The number of carbonyl (C=O) groups excluding carboxylic acids is 1. The summed E-state index contributed by atoms with van der Waals surface area (Å²) in [5.41, 5.74) is 3.31. The average molecular weight is 365 g/mol. The van der Waals surface area contributed by atoms with Crippen molar-refractivity contribution in [2.24, 2.45) is 0 Å². The number of hydrogen-bond donors (Lipinski definition) is 1. The minimum atomic E-state index is -0.167. The predicted molar refractivity (Wildman–Crippen MR) is 104 cm³/mol. The lowest BCUT2D eigenvalue weighted by Gasteiger charge is -2.17.